The lowest BCUT2D eigenvalue weighted by Crippen LogP contribution is -2.17. The van der Waals surface area contributed by atoms with Crippen molar-refractivity contribution in [1.29, 1.82) is 0 Å². The first-order chi connectivity index (χ1) is 6.32. The number of carboxylic acid groups (broad SMARTS) is 1. The molecule has 1 atom stereocenters. The number of aliphatic hydroxyl groups is 1. The summed E-state index contributed by atoms with van der Waals surface area (Å²) in [4.78, 5) is 10.5. The minimum absolute atomic E-state index is 0.150. The standard InChI is InChI=1S/C10H14O4/c1-10(2,3)8(11)6-4-5-7(14-6)9(12)13/h4-5,8,11H,1-3H3,(H,12,13). The maximum atomic E-state index is 10.5. The molecule has 0 aliphatic heterocycles. The Morgan fingerprint density at radius 2 is 2.00 bits per heavy atom. The van der Waals surface area contributed by atoms with Gasteiger partial charge < -0.3 is 14.6 Å². The molecule has 4 heteroatoms. The Labute approximate surface area is 82.2 Å². The third-order valence-corrected chi connectivity index (χ3v) is 1.93. The van der Waals surface area contributed by atoms with Crippen molar-refractivity contribution in [2.45, 2.75) is 26.9 Å². The monoisotopic (exact) mass is 198 g/mol. The van der Waals surface area contributed by atoms with Gasteiger partial charge in [-0.3, -0.25) is 0 Å². The van der Waals surface area contributed by atoms with Gasteiger partial charge in [-0.05, 0) is 17.5 Å². The zero-order valence-electron chi connectivity index (χ0n) is 8.44. The Bertz CT molecular complexity index is 332. The first kappa shape index (κ1) is 10.8. The lowest BCUT2D eigenvalue weighted by molar-refractivity contribution is 0.0401. The fourth-order valence-corrected chi connectivity index (χ4v) is 1.04. The van der Waals surface area contributed by atoms with E-state index in [0.29, 0.717) is 0 Å². The molecular formula is C10H14O4. The third-order valence-electron chi connectivity index (χ3n) is 1.93. The zero-order chi connectivity index (χ0) is 10.9. The van der Waals surface area contributed by atoms with E-state index >= 15 is 0 Å². The molecule has 0 fully saturated rings. The molecule has 0 radical (unpaired) electrons. The summed E-state index contributed by atoms with van der Waals surface area (Å²) in [5.74, 6) is -0.990. The van der Waals surface area contributed by atoms with E-state index in [1.807, 2.05) is 20.8 Å². The molecular weight excluding hydrogens is 184 g/mol. The van der Waals surface area contributed by atoms with Gasteiger partial charge in [0.2, 0.25) is 5.76 Å². The minimum Gasteiger partial charge on any atom is -0.475 e. The van der Waals surface area contributed by atoms with E-state index < -0.39 is 12.1 Å². The molecule has 4 nitrogen and oxygen atoms in total. The predicted octanol–water partition coefficient (Wildman–Crippen LogP) is 2.06. The van der Waals surface area contributed by atoms with Gasteiger partial charge in [-0.25, -0.2) is 4.79 Å². The molecule has 1 heterocycles. The molecule has 14 heavy (non-hydrogen) atoms. The first-order valence-electron chi connectivity index (χ1n) is 4.33. The SMILES string of the molecule is CC(C)(C)C(O)c1ccc(C(=O)O)o1. The second-order valence-electron chi connectivity index (χ2n) is 4.28. The molecule has 0 saturated carbocycles. The smallest absolute Gasteiger partial charge is 0.371 e. The van der Waals surface area contributed by atoms with E-state index in [2.05, 4.69) is 0 Å². The van der Waals surface area contributed by atoms with Crippen LogP contribution in [-0.4, -0.2) is 16.2 Å². The molecule has 1 aromatic rings. The molecule has 0 saturated heterocycles. The fourth-order valence-electron chi connectivity index (χ4n) is 1.04. The van der Waals surface area contributed by atoms with Crippen LogP contribution in [0.25, 0.3) is 0 Å². The number of carboxylic acids is 1. The normalized spacial score (nSPS) is 14.0. The van der Waals surface area contributed by atoms with Crippen LogP contribution >= 0.6 is 0 Å². The van der Waals surface area contributed by atoms with Crippen LogP contribution in [0.2, 0.25) is 0 Å². The van der Waals surface area contributed by atoms with Crippen LogP contribution < -0.4 is 0 Å². The van der Waals surface area contributed by atoms with Crippen molar-refractivity contribution < 1.29 is 19.4 Å². The van der Waals surface area contributed by atoms with Crippen LogP contribution in [0.1, 0.15) is 43.2 Å². The summed E-state index contributed by atoms with van der Waals surface area (Å²) in [5, 5.41) is 18.4. The van der Waals surface area contributed by atoms with E-state index in [4.69, 9.17) is 9.52 Å². The molecule has 0 spiro atoms. The van der Waals surface area contributed by atoms with E-state index in [0.717, 1.165) is 0 Å². The number of aromatic carboxylic acids is 1. The largest absolute Gasteiger partial charge is 0.475 e. The number of rotatable bonds is 2. The summed E-state index contributed by atoms with van der Waals surface area (Å²) in [7, 11) is 0. The minimum atomic E-state index is -1.13. The molecule has 1 unspecified atom stereocenters. The third kappa shape index (κ3) is 2.14. The molecule has 1 rings (SSSR count). The summed E-state index contributed by atoms with van der Waals surface area (Å²) >= 11 is 0. The van der Waals surface area contributed by atoms with Gasteiger partial charge in [0.05, 0.1) is 0 Å². The van der Waals surface area contributed by atoms with Gasteiger partial charge in [-0.15, -0.1) is 0 Å². The summed E-state index contributed by atoms with van der Waals surface area (Å²) in [5.41, 5.74) is -0.367. The molecule has 0 aliphatic carbocycles. The molecule has 0 bridgehead atoms. The van der Waals surface area contributed by atoms with Gasteiger partial charge in [0.15, 0.2) is 0 Å². The Kier molecular flexibility index (Phi) is 2.66. The number of carbonyl (C=O) groups is 1. The predicted molar refractivity (Wildman–Crippen MR) is 50.1 cm³/mol. The van der Waals surface area contributed by atoms with Gasteiger partial charge >= 0.3 is 5.97 Å². The Morgan fingerprint density at radius 3 is 2.36 bits per heavy atom. The second-order valence-corrected chi connectivity index (χ2v) is 4.28. The van der Waals surface area contributed by atoms with Crippen molar-refractivity contribution in [2.24, 2.45) is 5.41 Å². The van der Waals surface area contributed by atoms with Gasteiger partial charge in [-0.2, -0.15) is 0 Å². The van der Waals surface area contributed by atoms with E-state index in [-0.39, 0.29) is 16.9 Å². The van der Waals surface area contributed by atoms with Crippen LogP contribution in [0.3, 0.4) is 0 Å². The van der Waals surface area contributed by atoms with E-state index in [1.54, 1.807) is 0 Å². The lowest BCUT2D eigenvalue weighted by Gasteiger charge is -2.23. The summed E-state index contributed by atoms with van der Waals surface area (Å²) < 4.78 is 4.98. The van der Waals surface area contributed by atoms with Crippen molar-refractivity contribution in [1.82, 2.24) is 0 Å². The number of hydrogen-bond acceptors (Lipinski definition) is 3. The number of furan rings is 1. The fraction of sp³-hybridized carbons (Fsp3) is 0.500. The Morgan fingerprint density at radius 1 is 1.43 bits per heavy atom. The molecule has 2 N–H and O–H groups in total. The molecule has 1 aromatic heterocycles. The second kappa shape index (κ2) is 3.46. The summed E-state index contributed by atoms with van der Waals surface area (Å²) in [6.07, 6.45) is -0.796. The average molecular weight is 198 g/mol. The highest BCUT2D eigenvalue weighted by molar-refractivity contribution is 5.84. The topological polar surface area (TPSA) is 70.7 Å². The number of hydrogen-bond donors (Lipinski definition) is 2. The zero-order valence-corrected chi connectivity index (χ0v) is 8.44. The highest BCUT2D eigenvalue weighted by atomic mass is 16.4. The molecule has 0 aromatic carbocycles. The van der Waals surface area contributed by atoms with E-state index in [1.165, 1.54) is 12.1 Å². The highest BCUT2D eigenvalue weighted by Crippen LogP contribution is 2.33. The van der Waals surface area contributed by atoms with Gasteiger partial charge in [0.1, 0.15) is 11.9 Å². The lowest BCUT2D eigenvalue weighted by atomic mass is 9.88. The van der Waals surface area contributed by atoms with Crippen molar-refractivity contribution in [3.8, 4) is 0 Å². The first-order valence-corrected chi connectivity index (χ1v) is 4.33. The highest BCUT2D eigenvalue weighted by Gasteiger charge is 2.27. The Hall–Kier alpha value is -1.29. The van der Waals surface area contributed by atoms with Crippen molar-refractivity contribution in [3.05, 3.63) is 23.7 Å². The van der Waals surface area contributed by atoms with Crippen molar-refractivity contribution >= 4 is 5.97 Å². The summed E-state index contributed by atoms with van der Waals surface area (Å²) in [6.45, 7) is 5.54. The van der Waals surface area contributed by atoms with E-state index in [9.17, 15) is 9.90 Å². The molecule has 78 valence electrons. The van der Waals surface area contributed by atoms with Gasteiger partial charge in [0, 0.05) is 0 Å². The molecule has 0 aliphatic rings. The summed E-state index contributed by atoms with van der Waals surface area (Å²) in [6, 6.07) is 2.83. The van der Waals surface area contributed by atoms with Crippen molar-refractivity contribution in [2.75, 3.05) is 0 Å². The van der Waals surface area contributed by atoms with Gasteiger partial charge in [-0.1, -0.05) is 20.8 Å². The average Bonchev–Trinajstić information content (AvgIpc) is 2.48. The number of aliphatic hydroxyl groups excluding tert-OH is 1. The molecule has 0 amide bonds. The maximum absolute atomic E-state index is 10.5. The van der Waals surface area contributed by atoms with Gasteiger partial charge in [0.25, 0.3) is 0 Å². The van der Waals surface area contributed by atoms with Crippen molar-refractivity contribution in [3.63, 3.8) is 0 Å². The van der Waals surface area contributed by atoms with Crippen LogP contribution in [0.4, 0.5) is 0 Å². The quantitative estimate of drug-likeness (QED) is 0.763. The van der Waals surface area contributed by atoms with Crippen LogP contribution in [0.5, 0.6) is 0 Å². The van der Waals surface area contributed by atoms with Crippen LogP contribution in [-0.2, 0) is 0 Å². The Balaban J connectivity index is 2.92. The van der Waals surface area contributed by atoms with Crippen LogP contribution in [0.15, 0.2) is 16.5 Å². The van der Waals surface area contributed by atoms with Crippen LogP contribution in [0, 0.1) is 5.41 Å². The maximum Gasteiger partial charge on any atom is 0.371 e.